The highest BCUT2D eigenvalue weighted by molar-refractivity contribution is 5.77. The minimum absolute atomic E-state index is 0.164. The van der Waals surface area contributed by atoms with Crippen LogP contribution < -0.4 is 0 Å². The third kappa shape index (κ3) is 2.67. The van der Waals surface area contributed by atoms with Gasteiger partial charge >= 0.3 is 5.97 Å². The van der Waals surface area contributed by atoms with Gasteiger partial charge in [-0.15, -0.1) is 0 Å². The fraction of sp³-hybridized carbons (Fsp3) is 0.800. The molecule has 4 heteroatoms. The lowest BCUT2D eigenvalue weighted by molar-refractivity contribution is -0.143. The number of ether oxygens (including phenoxy) is 1. The topological polar surface area (TPSA) is 55.7 Å². The van der Waals surface area contributed by atoms with Gasteiger partial charge in [0.05, 0.1) is 7.11 Å². The monoisotopic (exact) mass is 197 g/mol. The number of hydrogen-bond acceptors (Lipinski definition) is 4. The Morgan fingerprint density at radius 2 is 2.07 bits per heavy atom. The van der Waals surface area contributed by atoms with Crippen molar-refractivity contribution in [2.45, 2.75) is 38.1 Å². The number of rotatable bonds is 3. The summed E-state index contributed by atoms with van der Waals surface area (Å²) in [5, 5.41) is 0. The van der Waals surface area contributed by atoms with Crippen LogP contribution in [0.25, 0.3) is 0 Å². The zero-order chi connectivity index (χ0) is 10.4. The van der Waals surface area contributed by atoms with Crippen LogP contribution in [0.5, 0.6) is 0 Å². The second-order valence-corrected chi connectivity index (χ2v) is 3.59. The van der Waals surface area contributed by atoms with Gasteiger partial charge in [-0.1, -0.05) is 19.3 Å². The molecule has 1 aliphatic carbocycles. The number of carbonyl (C=O) groups is 1. The van der Waals surface area contributed by atoms with Crippen molar-refractivity contribution >= 4 is 12.0 Å². The van der Waals surface area contributed by atoms with E-state index in [9.17, 15) is 9.59 Å². The highest BCUT2D eigenvalue weighted by atomic mass is 16.5. The highest BCUT2D eigenvalue weighted by Crippen LogP contribution is 2.28. The third-order valence-corrected chi connectivity index (χ3v) is 2.73. The lowest BCUT2D eigenvalue weighted by Crippen LogP contribution is -2.30. The zero-order valence-electron chi connectivity index (χ0n) is 8.36. The molecule has 1 aliphatic rings. The molecule has 78 valence electrons. The Balaban J connectivity index is 2.64. The average Bonchev–Trinajstić information content (AvgIpc) is 2.26. The summed E-state index contributed by atoms with van der Waals surface area (Å²) >= 11 is 0. The maximum Gasteiger partial charge on any atom is 0.331 e. The summed E-state index contributed by atoms with van der Waals surface area (Å²) in [7, 11) is 1.32. The Kier molecular flexibility index (Phi) is 4.33. The summed E-state index contributed by atoms with van der Waals surface area (Å²) in [6, 6.07) is -0.627. The second kappa shape index (κ2) is 5.55. The molecule has 1 atom stereocenters. The summed E-state index contributed by atoms with van der Waals surface area (Å²) in [5.41, 5.74) is 0. The van der Waals surface area contributed by atoms with Crippen molar-refractivity contribution in [2.75, 3.05) is 7.11 Å². The lowest BCUT2D eigenvalue weighted by Gasteiger charge is -2.24. The van der Waals surface area contributed by atoms with Crippen molar-refractivity contribution < 1.29 is 14.3 Å². The van der Waals surface area contributed by atoms with Crippen molar-refractivity contribution in [3.8, 4) is 0 Å². The predicted molar refractivity (Wildman–Crippen MR) is 50.5 cm³/mol. The summed E-state index contributed by atoms with van der Waals surface area (Å²) in [6.07, 6.45) is 6.76. The Labute approximate surface area is 83.3 Å². The first-order valence-corrected chi connectivity index (χ1v) is 4.94. The number of nitrogens with zero attached hydrogens (tertiary/aromatic N) is 1. The van der Waals surface area contributed by atoms with E-state index in [0.29, 0.717) is 0 Å². The number of isocyanates is 1. The first-order chi connectivity index (χ1) is 6.79. The van der Waals surface area contributed by atoms with Crippen LogP contribution in [0.4, 0.5) is 0 Å². The molecule has 1 saturated carbocycles. The van der Waals surface area contributed by atoms with Crippen molar-refractivity contribution in [2.24, 2.45) is 10.9 Å². The van der Waals surface area contributed by atoms with Gasteiger partial charge < -0.3 is 4.74 Å². The minimum Gasteiger partial charge on any atom is -0.467 e. The van der Waals surface area contributed by atoms with Gasteiger partial charge in [0, 0.05) is 0 Å². The second-order valence-electron chi connectivity index (χ2n) is 3.59. The molecule has 0 aromatic heterocycles. The molecule has 0 heterocycles. The molecule has 0 bridgehead atoms. The van der Waals surface area contributed by atoms with Gasteiger partial charge in [0.15, 0.2) is 6.04 Å². The minimum atomic E-state index is -0.627. The Bertz CT molecular complexity index is 240. The average molecular weight is 197 g/mol. The standard InChI is InChI=1S/C10H15NO3/c1-14-10(13)9(11-7-12)8-5-3-2-4-6-8/h8-9H,2-6H2,1H3/t9-/m0/s1. The van der Waals surface area contributed by atoms with E-state index < -0.39 is 12.0 Å². The summed E-state index contributed by atoms with van der Waals surface area (Å²) in [6.45, 7) is 0. The van der Waals surface area contributed by atoms with Gasteiger partial charge in [-0.25, -0.2) is 9.59 Å². The van der Waals surface area contributed by atoms with Crippen LogP contribution >= 0.6 is 0 Å². The number of methoxy groups -OCH3 is 1. The molecule has 0 N–H and O–H groups in total. The third-order valence-electron chi connectivity index (χ3n) is 2.73. The van der Waals surface area contributed by atoms with E-state index in [4.69, 9.17) is 0 Å². The molecule has 0 aliphatic heterocycles. The predicted octanol–water partition coefficient (Wildman–Crippen LogP) is 1.44. The molecule has 0 amide bonds. The van der Waals surface area contributed by atoms with Crippen LogP contribution in [0, 0.1) is 5.92 Å². The molecular weight excluding hydrogens is 182 g/mol. The lowest BCUT2D eigenvalue weighted by atomic mass is 9.84. The maximum atomic E-state index is 11.3. The van der Waals surface area contributed by atoms with E-state index in [1.807, 2.05) is 0 Å². The quantitative estimate of drug-likeness (QED) is 0.391. The van der Waals surface area contributed by atoms with Crippen molar-refractivity contribution in [3.05, 3.63) is 0 Å². The van der Waals surface area contributed by atoms with Gasteiger partial charge in [0.25, 0.3) is 0 Å². The van der Waals surface area contributed by atoms with Crippen LogP contribution in [0.1, 0.15) is 32.1 Å². The molecule has 0 aromatic carbocycles. The fourth-order valence-electron chi connectivity index (χ4n) is 1.98. The van der Waals surface area contributed by atoms with Crippen LogP contribution in [0.3, 0.4) is 0 Å². The normalized spacial score (nSPS) is 19.5. The van der Waals surface area contributed by atoms with E-state index in [-0.39, 0.29) is 5.92 Å². The molecule has 0 aromatic rings. The highest BCUT2D eigenvalue weighted by Gasteiger charge is 2.29. The first kappa shape index (κ1) is 10.9. The summed E-state index contributed by atoms with van der Waals surface area (Å²) < 4.78 is 4.61. The van der Waals surface area contributed by atoms with Crippen molar-refractivity contribution in [3.63, 3.8) is 0 Å². The fourth-order valence-corrected chi connectivity index (χ4v) is 1.98. The molecule has 1 fully saturated rings. The largest absolute Gasteiger partial charge is 0.467 e. The van der Waals surface area contributed by atoms with E-state index in [1.54, 1.807) is 0 Å². The maximum absolute atomic E-state index is 11.3. The Morgan fingerprint density at radius 3 is 2.57 bits per heavy atom. The number of aliphatic imine (C=N–C) groups is 1. The summed E-state index contributed by atoms with van der Waals surface area (Å²) in [5.74, 6) is -0.252. The molecule has 4 nitrogen and oxygen atoms in total. The van der Waals surface area contributed by atoms with Gasteiger partial charge in [0.1, 0.15) is 0 Å². The molecule has 0 saturated heterocycles. The van der Waals surface area contributed by atoms with E-state index in [0.717, 1.165) is 25.7 Å². The van der Waals surface area contributed by atoms with Gasteiger partial charge in [-0.3, -0.25) is 0 Å². The SMILES string of the molecule is COC(=O)[C@@H](N=C=O)C1CCCCC1. The first-order valence-electron chi connectivity index (χ1n) is 4.94. The Morgan fingerprint density at radius 1 is 1.43 bits per heavy atom. The van der Waals surface area contributed by atoms with Crippen LogP contribution in [-0.2, 0) is 14.3 Å². The van der Waals surface area contributed by atoms with Crippen LogP contribution in [0.2, 0.25) is 0 Å². The molecule has 0 radical (unpaired) electrons. The Hall–Kier alpha value is -1.15. The summed E-state index contributed by atoms with van der Waals surface area (Å²) in [4.78, 5) is 25.0. The van der Waals surface area contributed by atoms with E-state index in [1.165, 1.54) is 19.6 Å². The zero-order valence-corrected chi connectivity index (χ0v) is 8.36. The molecule has 1 rings (SSSR count). The van der Waals surface area contributed by atoms with Crippen molar-refractivity contribution in [1.29, 1.82) is 0 Å². The number of carbonyl (C=O) groups excluding carboxylic acids is 2. The van der Waals surface area contributed by atoms with Crippen molar-refractivity contribution in [1.82, 2.24) is 0 Å². The number of hydrogen-bond donors (Lipinski definition) is 0. The molecule has 0 spiro atoms. The van der Waals surface area contributed by atoms with E-state index >= 15 is 0 Å². The van der Waals surface area contributed by atoms with Gasteiger partial charge in [-0.2, -0.15) is 4.99 Å². The van der Waals surface area contributed by atoms with E-state index in [2.05, 4.69) is 9.73 Å². The number of esters is 1. The van der Waals surface area contributed by atoms with Crippen LogP contribution in [-0.4, -0.2) is 25.2 Å². The molecular formula is C10H15NO3. The smallest absolute Gasteiger partial charge is 0.331 e. The van der Waals surface area contributed by atoms with Crippen LogP contribution in [0.15, 0.2) is 4.99 Å². The molecule has 0 unspecified atom stereocenters. The van der Waals surface area contributed by atoms with Gasteiger partial charge in [-0.05, 0) is 18.8 Å². The van der Waals surface area contributed by atoms with Gasteiger partial charge in [0.2, 0.25) is 6.08 Å². The molecule has 14 heavy (non-hydrogen) atoms.